The Bertz CT molecular complexity index is 221. The number of carbonyl (C=O) groups is 1. The first-order valence-electron chi connectivity index (χ1n) is 6.29. The highest BCUT2D eigenvalue weighted by molar-refractivity contribution is 5.76. The summed E-state index contributed by atoms with van der Waals surface area (Å²) < 4.78 is 0. The minimum Gasteiger partial charge on any atom is -0.396 e. The van der Waals surface area contributed by atoms with Gasteiger partial charge in [-0.05, 0) is 45.6 Å². The molecule has 0 saturated carbocycles. The molecule has 4 nitrogen and oxygen atoms in total. The summed E-state index contributed by atoms with van der Waals surface area (Å²) in [7, 11) is 0. The molecule has 1 fully saturated rings. The van der Waals surface area contributed by atoms with Gasteiger partial charge in [0.05, 0.1) is 5.92 Å². The number of hydrogen-bond acceptors (Lipinski definition) is 3. The van der Waals surface area contributed by atoms with Gasteiger partial charge >= 0.3 is 0 Å². The van der Waals surface area contributed by atoms with Crippen LogP contribution in [0.5, 0.6) is 0 Å². The first-order valence-corrected chi connectivity index (χ1v) is 6.29. The van der Waals surface area contributed by atoms with Crippen molar-refractivity contribution >= 4 is 5.91 Å². The summed E-state index contributed by atoms with van der Waals surface area (Å²) in [5, 5.41) is 8.70. The molecule has 16 heavy (non-hydrogen) atoms. The molecule has 0 aliphatic carbocycles. The largest absolute Gasteiger partial charge is 0.396 e. The highest BCUT2D eigenvalue weighted by Gasteiger charge is 2.27. The summed E-state index contributed by atoms with van der Waals surface area (Å²) in [6, 6.07) is 0.560. The molecule has 3 N–H and O–H groups in total. The molecule has 0 aromatic rings. The van der Waals surface area contributed by atoms with Crippen LogP contribution in [-0.2, 0) is 4.79 Å². The molecule has 1 heterocycles. The van der Waals surface area contributed by atoms with E-state index >= 15 is 0 Å². The Labute approximate surface area is 97.8 Å². The second-order valence-electron chi connectivity index (χ2n) is 4.80. The van der Waals surface area contributed by atoms with Gasteiger partial charge in [-0.15, -0.1) is 0 Å². The van der Waals surface area contributed by atoms with Crippen LogP contribution in [0.3, 0.4) is 0 Å². The van der Waals surface area contributed by atoms with Crippen molar-refractivity contribution in [3.8, 4) is 0 Å². The molecule has 2 atom stereocenters. The van der Waals surface area contributed by atoms with E-state index in [0.29, 0.717) is 6.04 Å². The molecule has 94 valence electrons. The summed E-state index contributed by atoms with van der Waals surface area (Å²) >= 11 is 0. The van der Waals surface area contributed by atoms with Gasteiger partial charge < -0.3 is 10.8 Å². The fourth-order valence-corrected chi connectivity index (χ4v) is 2.33. The van der Waals surface area contributed by atoms with Crippen molar-refractivity contribution in [2.75, 3.05) is 19.7 Å². The second kappa shape index (κ2) is 6.86. The lowest BCUT2D eigenvalue weighted by Crippen LogP contribution is -2.46. The number of rotatable bonds is 6. The topological polar surface area (TPSA) is 66.6 Å². The average Bonchev–Trinajstić information content (AvgIpc) is 2.26. The third-order valence-electron chi connectivity index (χ3n) is 3.52. The predicted molar refractivity (Wildman–Crippen MR) is 63.9 cm³/mol. The molecule has 1 aliphatic rings. The Hall–Kier alpha value is -0.610. The zero-order chi connectivity index (χ0) is 12.0. The van der Waals surface area contributed by atoms with Crippen LogP contribution in [-0.4, -0.2) is 41.7 Å². The molecule has 0 radical (unpaired) electrons. The van der Waals surface area contributed by atoms with Crippen LogP contribution in [0, 0.1) is 5.92 Å². The van der Waals surface area contributed by atoms with Gasteiger partial charge in [0.15, 0.2) is 0 Å². The molecule has 1 saturated heterocycles. The Morgan fingerprint density at radius 3 is 2.75 bits per heavy atom. The SMILES string of the molecule is CC1CCC(C(N)=O)CN1CCCCCO. The zero-order valence-electron chi connectivity index (χ0n) is 10.2. The molecule has 0 spiro atoms. The van der Waals surface area contributed by atoms with Crippen LogP contribution in [0.1, 0.15) is 39.0 Å². The number of amides is 1. The standard InChI is InChI=1S/C12H24N2O2/c1-10-5-6-11(12(13)16)9-14(10)7-3-2-4-8-15/h10-11,15H,2-9H2,1H3,(H2,13,16). The maximum absolute atomic E-state index is 11.1. The normalized spacial score (nSPS) is 26.9. The number of unbranched alkanes of at least 4 members (excludes halogenated alkanes) is 2. The fraction of sp³-hybridized carbons (Fsp3) is 0.917. The average molecular weight is 228 g/mol. The minimum atomic E-state index is -0.160. The number of nitrogens with two attached hydrogens (primary N) is 1. The van der Waals surface area contributed by atoms with E-state index in [0.717, 1.165) is 45.2 Å². The molecular weight excluding hydrogens is 204 g/mol. The molecule has 0 aromatic heterocycles. The quantitative estimate of drug-likeness (QED) is 0.659. The van der Waals surface area contributed by atoms with Crippen molar-refractivity contribution in [1.82, 2.24) is 4.90 Å². The molecule has 1 aliphatic heterocycles. The second-order valence-corrected chi connectivity index (χ2v) is 4.80. The van der Waals surface area contributed by atoms with Gasteiger partial charge in [0, 0.05) is 19.2 Å². The predicted octanol–water partition coefficient (Wildman–Crippen LogP) is 0.735. The zero-order valence-corrected chi connectivity index (χ0v) is 10.2. The number of hydrogen-bond donors (Lipinski definition) is 2. The van der Waals surface area contributed by atoms with E-state index in [1.807, 2.05) is 0 Å². The lowest BCUT2D eigenvalue weighted by atomic mass is 9.93. The molecule has 4 heteroatoms. The third kappa shape index (κ3) is 4.10. The smallest absolute Gasteiger partial charge is 0.221 e. The van der Waals surface area contributed by atoms with Crippen molar-refractivity contribution < 1.29 is 9.90 Å². The van der Waals surface area contributed by atoms with Crippen molar-refractivity contribution in [2.24, 2.45) is 11.7 Å². The lowest BCUT2D eigenvalue weighted by molar-refractivity contribution is -0.123. The molecule has 0 aromatic carbocycles. The van der Waals surface area contributed by atoms with Crippen LogP contribution >= 0.6 is 0 Å². The van der Waals surface area contributed by atoms with E-state index in [4.69, 9.17) is 10.8 Å². The Kier molecular flexibility index (Phi) is 5.77. The molecule has 0 bridgehead atoms. The first-order chi connectivity index (χ1) is 7.65. The van der Waals surface area contributed by atoms with Crippen molar-refractivity contribution in [3.63, 3.8) is 0 Å². The van der Waals surface area contributed by atoms with Gasteiger partial charge in [0.1, 0.15) is 0 Å². The first kappa shape index (κ1) is 13.5. The van der Waals surface area contributed by atoms with Crippen LogP contribution in [0.2, 0.25) is 0 Å². The van der Waals surface area contributed by atoms with Gasteiger partial charge in [0.2, 0.25) is 5.91 Å². The summed E-state index contributed by atoms with van der Waals surface area (Å²) in [4.78, 5) is 13.5. The maximum atomic E-state index is 11.1. The Balaban J connectivity index is 2.29. The summed E-state index contributed by atoms with van der Waals surface area (Å²) in [6.45, 7) is 4.32. The van der Waals surface area contributed by atoms with E-state index in [2.05, 4.69) is 11.8 Å². The number of aliphatic hydroxyl groups is 1. The molecular formula is C12H24N2O2. The van der Waals surface area contributed by atoms with E-state index < -0.39 is 0 Å². The van der Waals surface area contributed by atoms with Gasteiger partial charge in [0.25, 0.3) is 0 Å². The van der Waals surface area contributed by atoms with Crippen LogP contribution < -0.4 is 5.73 Å². The van der Waals surface area contributed by atoms with Crippen LogP contribution in [0.4, 0.5) is 0 Å². The van der Waals surface area contributed by atoms with Gasteiger partial charge in [-0.25, -0.2) is 0 Å². The van der Waals surface area contributed by atoms with Crippen molar-refractivity contribution in [1.29, 1.82) is 0 Å². The molecule has 1 rings (SSSR count). The Morgan fingerprint density at radius 1 is 1.38 bits per heavy atom. The highest BCUT2D eigenvalue weighted by atomic mass is 16.2. The monoisotopic (exact) mass is 228 g/mol. The van der Waals surface area contributed by atoms with Gasteiger partial charge in [-0.1, -0.05) is 0 Å². The van der Waals surface area contributed by atoms with Crippen molar-refractivity contribution in [3.05, 3.63) is 0 Å². The van der Waals surface area contributed by atoms with Crippen molar-refractivity contribution in [2.45, 2.75) is 45.1 Å². The minimum absolute atomic E-state index is 0.0361. The summed E-state index contributed by atoms with van der Waals surface area (Å²) in [5.74, 6) is -0.124. The van der Waals surface area contributed by atoms with Gasteiger partial charge in [-0.2, -0.15) is 0 Å². The highest BCUT2D eigenvalue weighted by Crippen LogP contribution is 2.21. The van der Waals surface area contributed by atoms with E-state index in [1.54, 1.807) is 0 Å². The summed E-state index contributed by atoms with van der Waals surface area (Å²) in [6.07, 6.45) is 5.02. The Morgan fingerprint density at radius 2 is 2.12 bits per heavy atom. The third-order valence-corrected chi connectivity index (χ3v) is 3.52. The number of aliphatic hydroxyl groups excluding tert-OH is 1. The number of nitrogens with zero attached hydrogens (tertiary/aromatic N) is 1. The number of likely N-dealkylation sites (tertiary alicyclic amines) is 1. The summed E-state index contributed by atoms with van der Waals surface area (Å²) in [5.41, 5.74) is 5.35. The molecule has 1 amide bonds. The lowest BCUT2D eigenvalue weighted by Gasteiger charge is -2.36. The molecule has 2 unspecified atom stereocenters. The number of primary amides is 1. The van der Waals surface area contributed by atoms with E-state index in [9.17, 15) is 4.79 Å². The number of piperidine rings is 1. The van der Waals surface area contributed by atoms with Gasteiger partial charge in [-0.3, -0.25) is 9.69 Å². The van der Waals surface area contributed by atoms with E-state index in [1.165, 1.54) is 0 Å². The van der Waals surface area contributed by atoms with E-state index in [-0.39, 0.29) is 18.4 Å². The maximum Gasteiger partial charge on any atom is 0.221 e. The van der Waals surface area contributed by atoms with Crippen LogP contribution in [0.15, 0.2) is 0 Å². The fourth-order valence-electron chi connectivity index (χ4n) is 2.33. The number of carbonyl (C=O) groups excluding carboxylic acids is 1. The van der Waals surface area contributed by atoms with Crippen LogP contribution in [0.25, 0.3) is 0 Å².